The van der Waals surface area contributed by atoms with Crippen molar-refractivity contribution >= 4 is 34.0 Å². The summed E-state index contributed by atoms with van der Waals surface area (Å²) in [6, 6.07) is 16.0. The molecule has 2 aromatic carbocycles. The maximum atomic E-state index is 5.88. The van der Waals surface area contributed by atoms with Crippen LogP contribution < -0.4 is 5.32 Å². The highest BCUT2D eigenvalue weighted by Crippen LogP contribution is 2.20. The van der Waals surface area contributed by atoms with Gasteiger partial charge in [-0.15, -0.1) is 0 Å². The molecule has 0 saturated heterocycles. The van der Waals surface area contributed by atoms with Crippen LogP contribution in [0.3, 0.4) is 0 Å². The van der Waals surface area contributed by atoms with Gasteiger partial charge in [-0.3, -0.25) is 0 Å². The van der Waals surface area contributed by atoms with Gasteiger partial charge in [-0.25, -0.2) is 4.98 Å². The number of hydrogen-bond donors (Lipinski definition) is 1. The van der Waals surface area contributed by atoms with Crippen molar-refractivity contribution < 1.29 is 0 Å². The molecule has 5 heteroatoms. The summed E-state index contributed by atoms with van der Waals surface area (Å²) < 4.78 is 4.38. The van der Waals surface area contributed by atoms with Crippen LogP contribution in [-0.2, 0) is 6.42 Å². The summed E-state index contributed by atoms with van der Waals surface area (Å²) in [5, 5.41) is 4.82. The Morgan fingerprint density at radius 2 is 1.76 bits per heavy atom. The van der Waals surface area contributed by atoms with Crippen LogP contribution in [0.15, 0.2) is 48.5 Å². The standard InChI is InChI=1S/C16H14ClN3S/c1-11-2-8-14(9-3-11)18-16-19-15(20-21-16)10-12-4-6-13(17)7-5-12/h2-9H,10H2,1H3,(H,18,19,20). The van der Waals surface area contributed by atoms with Crippen LogP contribution in [0.25, 0.3) is 0 Å². The summed E-state index contributed by atoms with van der Waals surface area (Å²) in [7, 11) is 0. The van der Waals surface area contributed by atoms with Crippen molar-refractivity contribution in [2.75, 3.05) is 5.32 Å². The Morgan fingerprint density at radius 1 is 1.05 bits per heavy atom. The van der Waals surface area contributed by atoms with E-state index < -0.39 is 0 Å². The molecule has 0 aliphatic carbocycles. The molecule has 3 rings (SSSR count). The van der Waals surface area contributed by atoms with Crippen LogP contribution in [0.2, 0.25) is 5.02 Å². The first kappa shape index (κ1) is 14.0. The Kier molecular flexibility index (Phi) is 4.18. The highest BCUT2D eigenvalue weighted by Gasteiger charge is 2.05. The monoisotopic (exact) mass is 315 g/mol. The Labute approximate surface area is 132 Å². The zero-order valence-electron chi connectivity index (χ0n) is 11.5. The fourth-order valence-electron chi connectivity index (χ4n) is 1.92. The summed E-state index contributed by atoms with van der Waals surface area (Å²) in [5.74, 6) is 0.817. The third-order valence-electron chi connectivity index (χ3n) is 3.05. The maximum absolute atomic E-state index is 5.88. The first-order valence-electron chi connectivity index (χ1n) is 6.60. The van der Waals surface area contributed by atoms with Gasteiger partial charge in [0.1, 0.15) is 5.82 Å². The van der Waals surface area contributed by atoms with Crippen molar-refractivity contribution in [3.63, 3.8) is 0 Å². The molecule has 1 aromatic heterocycles. The Bertz CT molecular complexity index is 658. The number of halogens is 1. The molecule has 0 atom stereocenters. The molecule has 1 N–H and O–H groups in total. The van der Waals surface area contributed by atoms with E-state index in [1.54, 1.807) is 0 Å². The number of anilines is 2. The van der Waals surface area contributed by atoms with Crippen molar-refractivity contribution in [2.24, 2.45) is 0 Å². The summed E-state index contributed by atoms with van der Waals surface area (Å²) >= 11 is 7.25. The molecule has 3 aromatic rings. The lowest BCUT2D eigenvalue weighted by Gasteiger charge is -2.01. The van der Waals surface area contributed by atoms with Gasteiger partial charge in [0.05, 0.1) is 0 Å². The van der Waals surface area contributed by atoms with Gasteiger partial charge in [-0.05, 0) is 36.8 Å². The lowest BCUT2D eigenvalue weighted by molar-refractivity contribution is 1.04. The molecule has 0 fully saturated rings. The number of rotatable bonds is 4. The van der Waals surface area contributed by atoms with Gasteiger partial charge in [0.25, 0.3) is 0 Å². The normalized spacial score (nSPS) is 10.6. The molecular weight excluding hydrogens is 302 g/mol. The molecule has 3 nitrogen and oxygen atoms in total. The fraction of sp³-hybridized carbons (Fsp3) is 0.125. The van der Waals surface area contributed by atoms with E-state index in [-0.39, 0.29) is 0 Å². The minimum atomic E-state index is 0.712. The highest BCUT2D eigenvalue weighted by molar-refractivity contribution is 7.09. The summed E-state index contributed by atoms with van der Waals surface area (Å²) in [6.45, 7) is 2.07. The third kappa shape index (κ3) is 3.80. The second-order valence-corrected chi connectivity index (χ2v) is 6.00. The van der Waals surface area contributed by atoms with Crippen LogP contribution in [0.5, 0.6) is 0 Å². The number of benzene rings is 2. The van der Waals surface area contributed by atoms with E-state index in [1.165, 1.54) is 17.1 Å². The van der Waals surface area contributed by atoms with Crippen molar-refractivity contribution in [1.82, 2.24) is 9.36 Å². The van der Waals surface area contributed by atoms with Crippen LogP contribution in [0.1, 0.15) is 17.0 Å². The van der Waals surface area contributed by atoms with Gasteiger partial charge in [-0.2, -0.15) is 4.37 Å². The molecule has 106 valence electrons. The second kappa shape index (κ2) is 6.24. The summed E-state index contributed by atoms with van der Waals surface area (Å²) in [4.78, 5) is 4.51. The van der Waals surface area contributed by atoms with E-state index >= 15 is 0 Å². The van der Waals surface area contributed by atoms with Gasteiger partial charge in [0, 0.05) is 28.7 Å². The first-order valence-corrected chi connectivity index (χ1v) is 7.75. The van der Waals surface area contributed by atoms with E-state index in [2.05, 4.69) is 33.7 Å². The van der Waals surface area contributed by atoms with E-state index in [0.717, 1.165) is 27.2 Å². The van der Waals surface area contributed by atoms with E-state index in [9.17, 15) is 0 Å². The van der Waals surface area contributed by atoms with E-state index in [1.807, 2.05) is 36.4 Å². The molecule has 0 radical (unpaired) electrons. The van der Waals surface area contributed by atoms with Crippen molar-refractivity contribution in [1.29, 1.82) is 0 Å². The molecule has 1 heterocycles. The Hall–Kier alpha value is -1.91. The van der Waals surface area contributed by atoms with Gasteiger partial charge in [0.15, 0.2) is 0 Å². The van der Waals surface area contributed by atoms with E-state index in [0.29, 0.717) is 6.42 Å². The molecule has 0 aliphatic heterocycles. The van der Waals surface area contributed by atoms with Gasteiger partial charge >= 0.3 is 0 Å². The number of aryl methyl sites for hydroxylation is 1. The van der Waals surface area contributed by atoms with Crippen LogP contribution >= 0.6 is 23.1 Å². The minimum Gasteiger partial charge on any atom is -0.330 e. The number of aromatic nitrogens is 2. The Balaban J connectivity index is 1.68. The summed E-state index contributed by atoms with van der Waals surface area (Å²) in [5.41, 5.74) is 3.41. The fourth-order valence-corrected chi connectivity index (χ4v) is 2.65. The molecule has 0 saturated carbocycles. The quantitative estimate of drug-likeness (QED) is 0.749. The number of nitrogens with one attached hydrogen (secondary N) is 1. The first-order chi connectivity index (χ1) is 10.2. The topological polar surface area (TPSA) is 37.8 Å². The third-order valence-corrected chi connectivity index (χ3v) is 3.97. The molecule has 21 heavy (non-hydrogen) atoms. The average molecular weight is 316 g/mol. The number of hydrogen-bond acceptors (Lipinski definition) is 4. The zero-order valence-corrected chi connectivity index (χ0v) is 13.1. The molecule has 0 aliphatic rings. The lowest BCUT2D eigenvalue weighted by atomic mass is 10.1. The maximum Gasteiger partial charge on any atom is 0.207 e. The van der Waals surface area contributed by atoms with E-state index in [4.69, 9.17) is 11.6 Å². The lowest BCUT2D eigenvalue weighted by Crippen LogP contribution is -1.92. The SMILES string of the molecule is Cc1ccc(Nc2nc(Cc3ccc(Cl)cc3)ns2)cc1. The highest BCUT2D eigenvalue weighted by atomic mass is 35.5. The van der Waals surface area contributed by atoms with Gasteiger partial charge in [0.2, 0.25) is 5.13 Å². The van der Waals surface area contributed by atoms with Crippen LogP contribution in [0.4, 0.5) is 10.8 Å². The van der Waals surface area contributed by atoms with Gasteiger partial charge < -0.3 is 5.32 Å². The second-order valence-electron chi connectivity index (χ2n) is 4.81. The molecule has 0 spiro atoms. The minimum absolute atomic E-state index is 0.712. The van der Waals surface area contributed by atoms with Crippen molar-refractivity contribution in [2.45, 2.75) is 13.3 Å². The smallest absolute Gasteiger partial charge is 0.207 e. The number of nitrogens with zero attached hydrogens (tertiary/aromatic N) is 2. The van der Waals surface area contributed by atoms with Crippen LogP contribution in [0, 0.1) is 6.92 Å². The molecule has 0 unspecified atom stereocenters. The predicted octanol–water partition coefficient (Wildman–Crippen LogP) is 4.83. The predicted molar refractivity (Wildman–Crippen MR) is 88.6 cm³/mol. The Morgan fingerprint density at radius 3 is 2.48 bits per heavy atom. The molecule has 0 bridgehead atoms. The molecular formula is C16H14ClN3S. The molecule has 0 amide bonds. The summed E-state index contributed by atoms with van der Waals surface area (Å²) in [6.07, 6.45) is 0.712. The van der Waals surface area contributed by atoms with Crippen molar-refractivity contribution in [3.8, 4) is 0 Å². The van der Waals surface area contributed by atoms with Crippen LogP contribution in [-0.4, -0.2) is 9.36 Å². The largest absolute Gasteiger partial charge is 0.330 e. The zero-order chi connectivity index (χ0) is 14.7. The van der Waals surface area contributed by atoms with Gasteiger partial charge in [-0.1, -0.05) is 41.4 Å². The average Bonchev–Trinajstić information content (AvgIpc) is 2.91. The van der Waals surface area contributed by atoms with Crippen molar-refractivity contribution in [3.05, 3.63) is 70.5 Å².